The van der Waals surface area contributed by atoms with Gasteiger partial charge >= 0.3 is 0 Å². The Morgan fingerprint density at radius 2 is 0.458 bits per heavy atom. The molecule has 8 aromatic rings. The Labute approximate surface area is 350 Å². The van der Waals surface area contributed by atoms with E-state index in [4.69, 9.17) is 4.12 Å². The van der Waals surface area contributed by atoms with Crippen molar-refractivity contribution >= 4 is 29.9 Å². The van der Waals surface area contributed by atoms with Crippen LogP contribution >= 0.6 is 0 Å². The summed E-state index contributed by atoms with van der Waals surface area (Å²) in [5.41, 5.74) is -3.35. The third-order valence-corrected chi connectivity index (χ3v) is 15.0. The molecular weight excluding hydrogens is 761 g/mol. The van der Waals surface area contributed by atoms with Crippen molar-refractivity contribution in [2.75, 3.05) is 0 Å². The van der Waals surface area contributed by atoms with Crippen LogP contribution in [0.15, 0.2) is 231 Å². The smallest absolute Gasteiger partial charge is 0.178 e. The Kier molecular flexibility index (Phi) is 11.5. The molecule has 8 rings (SSSR count). The molecule has 292 valence electrons. The van der Waals surface area contributed by atoms with E-state index in [0.29, 0.717) is 44.5 Å². The zero-order valence-corrected chi connectivity index (χ0v) is 35.4. The summed E-state index contributed by atoms with van der Waals surface area (Å²) in [6.07, 6.45) is 0. The van der Waals surface area contributed by atoms with E-state index < -0.39 is 41.9 Å². The highest BCUT2D eigenvalue weighted by molar-refractivity contribution is 6.60. The molecule has 0 saturated carbocycles. The molecule has 2 atom stereocenters. The molecule has 0 bridgehead atoms. The normalized spacial score (nSPS) is 14.3. The first-order valence-corrected chi connectivity index (χ1v) is 22.4. The van der Waals surface area contributed by atoms with Crippen molar-refractivity contribution in [1.82, 2.24) is 0 Å². The third-order valence-electron chi connectivity index (χ3n) is 11.5. The Hall–Kier alpha value is -6.01. The molecule has 0 saturated heterocycles. The molecule has 0 aromatic heterocycles. The predicted octanol–water partition coefficient (Wildman–Crippen LogP) is 6.17. The Balaban J connectivity index is 1.23. The second-order valence-electron chi connectivity index (χ2n) is 14.8. The van der Waals surface area contributed by atoms with Crippen LogP contribution in [0.5, 0.6) is 0 Å². The molecule has 0 spiro atoms. The molecule has 59 heavy (non-hydrogen) atoms. The number of benzene rings is 8. The van der Waals surface area contributed by atoms with E-state index in [0.717, 1.165) is 10.4 Å². The van der Waals surface area contributed by atoms with Crippen molar-refractivity contribution in [3.05, 3.63) is 275 Å². The van der Waals surface area contributed by atoms with Crippen LogP contribution < -0.4 is 10.4 Å². The van der Waals surface area contributed by atoms with Crippen LogP contribution in [0, 0.1) is 0 Å². The topological polar surface area (TPSA) is 90.2 Å². The summed E-state index contributed by atoms with van der Waals surface area (Å²) in [5.74, 6) is 0. The minimum absolute atomic E-state index is 0.535. The zero-order chi connectivity index (χ0) is 40.8. The van der Waals surface area contributed by atoms with Crippen molar-refractivity contribution < 1.29 is 24.5 Å². The van der Waals surface area contributed by atoms with Gasteiger partial charge in [-0.05, 0) is 54.9 Å². The summed E-state index contributed by atoms with van der Waals surface area (Å²) in [6, 6.07) is 71.4. The molecule has 0 aliphatic rings. The van der Waals surface area contributed by atoms with Gasteiger partial charge < -0.3 is 24.5 Å². The first-order valence-electron chi connectivity index (χ1n) is 19.8. The molecule has 5 nitrogen and oxygen atoms in total. The molecule has 0 radical (unpaired) electrons. The van der Waals surface area contributed by atoms with Crippen molar-refractivity contribution in [2.45, 2.75) is 22.4 Å². The molecule has 8 aromatic carbocycles. The SMILES string of the molecule is OC(c1ccccc1)(c1ccccc1)C(O)(c1ccccc1)c1ccccc1[SiH2]O[SiH2]c1ccccc1C(O)(c1ccccc1)C(O)(c1ccccc1)c1ccccc1. The summed E-state index contributed by atoms with van der Waals surface area (Å²) in [5, 5.41) is 55.3. The third kappa shape index (κ3) is 7.03. The van der Waals surface area contributed by atoms with Gasteiger partial charge in [0.25, 0.3) is 0 Å². The van der Waals surface area contributed by atoms with Gasteiger partial charge in [-0.25, -0.2) is 0 Å². The molecule has 4 N–H and O–H groups in total. The molecular formula is C52H46O5Si2. The lowest BCUT2D eigenvalue weighted by Gasteiger charge is -2.46. The number of aliphatic hydroxyl groups is 4. The van der Waals surface area contributed by atoms with Crippen molar-refractivity contribution in [3.63, 3.8) is 0 Å². The molecule has 0 amide bonds. The van der Waals surface area contributed by atoms with E-state index >= 15 is 0 Å². The van der Waals surface area contributed by atoms with Crippen LogP contribution in [-0.2, 0) is 26.5 Å². The fourth-order valence-corrected chi connectivity index (χ4v) is 12.3. The maximum absolute atomic E-state index is 13.5. The zero-order valence-electron chi connectivity index (χ0n) is 32.6. The van der Waals surface area contributed by atoms with Gasteiger partial charge in [0.15, 0.2) is 41.9 Å². The van der Waals surface area contributed by atoms with Crippen molar-refractivity contribution in [2.24, 2.45) is 0 Å². The molecule has 7 heteroatoms. The highest BCUT2D eigenvalue weighted by atomic mass is 28.3. The average Bonchev–Trinajstić information content (AvgIpc) is 3.32. The number of rotatable bonds is 14. The molecule has 0 aliphatic carbocycles. The second-order valence-corrected chi connectivity index (χ2v) is 18.6. The summed E-state index contributed by atoms with van der Waals surface area (Å²) in [7, 11) is -3.20. The summed E-state index contributed by atoms with van der Waals surface area (Å²) in [4.78, 5) is 0. The van der Waals surface area contributed by atoms with Crippen LogP contribution in [0.25, 0.3) is 0 Å². The monoisotopic (exact) mass is 806 g/mol. The van der Waals surface area contributed by atoms with Crippen LogP contribution in [0.3, 0.4) is 0 Å². The van der Waals surface area contributed by atoms with Gasteiger partial charge in [0.1, 0.15) is 0 Å². The predicted molar refractivity (Wildman–Crippen MR) is 241 cm³/mol. The van der Waals surface area contributed by atoms with Gasteiger partial charge in [-0.2, -0.15) is 0 Å². The van der Waals surface area contributed by atoms with Crippen LogP contribution in [0.1, 0.15) is 44.5 Å². The molecule has 0 heterocycles. The van der Waals surface area contributed by atoms with E-state index in [9.17, 15) is 20.4 Å². The van der Waals surface area contributed by atoms with Crippen LogP contribution in [-0.4, -0.2) is 40.0 Å². The van der Waals surface area contributed by atoms with E-state index in [2.05, 4.69) is 0 Å². The first-order chi connectivity index (χ1) is 28.8. The molecule has 2 unspecified atom stereocenters. The highest BCUT2D eigenvalue weighted by Crippen LogP contribution is 2.50. The standard InChI is InChI=1S/C52H46O5Si2/c53-49(39-23-7-1-8-24-39,40-25-9-2-10-26-40)51(55,43-31-15-5-16-32-43)45-35-19-21-37-47(45)58-57-59-48-38-22-20-36-46(48)52(56,44-33-17-6-18-34-44)50(54,41-27-11-3-12-28-41)42-29-13-4-14-30-42/h1-38,53-56H,58-59H2. The fourth-order valence-electron chi connectivity index (χ4n) is 8.63. The molecule has 0 aliphatic heterocycles. The maximum atomic E-state index is 13.5. The quantitative estimate of drug-likeness (QED) is 0.0990. The van der Waals surface area contributed by atoms with Gasteiger partial charge in [0.2, 0.25) is 0 Å². The summed E-state index contributed by atoms with van der Waals surface area (Å²) >= 11 is 0. The van der Waals surface area contributed by atoms with Crippen LogP contribution in [0.2, 0.25) is 0 Å². The van der Waals surface area contributed by atoms with E-state index in [1.54, 1.807) is 0 Å². The van der Waals surface area contributed by atoms with E-state index in [1.165, 1.54) is 0 Å². The Bertz CT molecular complexity index is 2320. The van der Waals surface area contributed by atoms with Gasteiger partial charge in [-0.1, -0.05) is 231 Å². The first kappa shape index (κ1) is 39.8. The minimum Gasteiger partial charge on any atom is -0.458 e. The average molecular weight is 807 g/mol. The Morgan fingerprint density at radius 1 is 0.254 bits per heavy atom. The van der Waals surface area contributed by atoms with Gasteiger partial charge in [0.05, 0.1) is 0 Å². The number of hydrogen-bond donors (Lipinski definition) is 4. The summed E-state index contributed by atoms with van der Waals surface area (Å²) in [6.45, 7) is 0. The Morgan fingerprint density at radius 3 is 0.712 bits per heavy atom. The maximum Gasteiger partial charge on any atom is 0.178 e. The summed E-state index contributed by atoms with van der Waals surface area (Å²) < 4.78 is 6.89. The fraction of sp³-hybridized carbons (Fsp3) is 0.0769. The lowest BCUT2D eigenvalue weighted by atomic mass is 9.66. The van der Waals surface area contributed by atoms with Crippen LogP contribution in [0.4, 0.5) is 0 Å². The van der Waals surface area contributed by atoms with Gasteiger partial charge in [-0.3, -0.25) is 0 Å². The highest BCUT2D eigenvalue weighted by Gasteiger charge is 2.56. The van der Waals surface area contributed by atoms with E-state index in [-0.39, 0.29) is 0 Å². The van der Waals surface area contributed by atoms with Gasteiger partial charge in [0, 0.05) is 0 Å². The van der Waals surface area contributed by atoms with Gasteiger partial charge in [-0.15, -0.1) is 0 Å². The van der Waals surface area contributed by atoms with E-state index in [1.807, 2.05) is 231 Å². The largest absolute Gasteiger partial charge is 0.458 e. The lowest BCUT2D eigenvalue weighted by molar-refractivity contribution is -0.112. The minimum atomic E-state index is -1.95. The number of hydrogen-bond acceptors (Lipinski definition) is 5. The van der Waals surface area contributed by atoms with Crippen molar-refractivity contribution in [3.8, 4) is 0 Å². The second kappa shape index (κ2) is 17.1. The molecule has 0 fully saturated rings. The lowest BCUT2D eigenvalue weighted by Crippen LogP contribution is -2.54. The van der Waals surface area contributed by atoms with Crippen molar-refractivity contribution in [1.29, 1.82) is 0 Å².